The summed E-state index contributed by atoms with van der Waals surface area (Å²) in [6.07, 6.45) is 4.94. The molecule has 0 aliphatic carbocycles. The third kappa shape index (κ3) is 11.3. The number of likely N-dealkylation sites (N-methyl/N-ethyl adjacent to an activating group) is 2. The summed E-state index contributed by atoms with van der Waals surface area (Å²) in [6.45, 7) is 4.19. The molecule has 278 valence electrons. The highest BCUT2D eigenvalue weighted by atomic mass is 32.2. The van der Waals surface area contributed by atoms with Crippen LogP contribution < -0.4 is 24.3 Å². The van der Waals surface area contributed by atoms with Crippen molar-refractivity contribution in [2.75, 3.05) is 82.3 Å². The second-order valence-electron chi connectivity index (χ2n) is 13.0. The molecule has 1 fully saturated rings. The number of hydrogen-bond donors (Lipinski definition) is 2. The minimum absolute atomic E-state index is 0.0985. The SMILES string of the molecule is CN(C)CCc1c[nH]c2ccc(CS(=O)(=O)N3CCCC3)cc12.COc1cc(C(=O)NCc2ccc(OCCN(C)C)cc2)cc(OC)c1OC. The molecule has 12 nitrogen and oxygen atoms in total. The molecule has 1 saturated heterocycles. The van der Waals surface area contributed by atoms with Crippen molar-refractivity contribution in [3.63, 3.8) is 0 Å². The van der Waals surface area contributed by atoms with E-state index < -0.39 is 10.0 Å². The fourth-order valence-electron chi connectivity index (χ4n) is 5.68. The number of nitrogens with one attached hydrogen (secondary N) is 2. The number of nitrogens with zero attached hydrogens (tertiary/aromatic N) is 3. The Morgan fingerprint density at radius 1 is 0.843 bits per heavy atom. The molecule has 51 heavy (non-hydrogen) atoms. The van der Waals surface area contributed by atoms with Crippen molar-refractivity contribution >= 4 is 26.8 Å². The predicted octanol–water partition coefficient (Wildman–Crippen LogP) is 4.78. The van der Waals surface area contributed by atoms with Gasteiger partial charge in [0.15, 0.2) is 11.5 Å². The maximum Gasteiger partial charge on any atom is 0.251 e. The monoisotopic (exact) mass is 723 g/mol. The maximum absolute atomic E-state index is 12.5. The first-order chi connectivity index (χ1) is 24.4. The number of aromatic amines is 1. The molecule has 0 bridgehead atoms. The molecule has 4 aromatic rings. The van der Waals surface area contributed by atoms with Crippen LogP contribution in [0.3, 0.4) is 0 Å². The summed E-state index contributed by atoms with van der Waals surface area (Å²) in [4.78, 5) is 20.0. The zero-order chi connectivity index (χ0) is 37.0. The third-order valence-corrected chi connectivity index (χ3v) is 10.4. The largest absolute Gasteiger partial charge is 0.493 e. The molecule has 0 unspecified atom stereocenters. The molecule has 1 aromatic heterocycles. The van der Waals surface area contributed by atoms with Crippen LogP contribution >= 0.6 is 0 Å². The first-order valence-electron chi connectivity index (χ1n) is 17.1. The van der Waals surface area contributed by atoms with Gasteiger partial charge in [-0.3, -0.25) is 4.79 Å². The van der Waals surface area contributed by atoms with Crippen LogP contribution in [0.25, 0.3) is 10.9 Å². The summed E-state index contributed by atoms with van der Waals surface area (Å²) in [5, 5.41) is 4.03. The number of hydrogen-bond acceptors (Lipinski definition) is 9. The van der Waals surface area contributed by atoms with Crippen molar-refractivity contribution in [1.82, 2.24) is 24.4 Å². The molecule has 5 rings (SSSR count). The molecule has 0 radical (unpaired) electrons. The van der Waals surface area contributed by atoms with Crippen LogP contribution in [0.1, 0.15) is 39.9 Å². The standard InChI is InChI=1S/C21H28N2O5.C17H25N3O2S/c1-23(2)10-11-28-17-8-6-15(7-9-17)14-22-21(24)16-12-18(25-3)20(27-5)19(13-16)26-4;1-19(2)10-7-15-12-18-17-6-5-14(11-16(15)17)13-23(21,22)20-8-3-4-9-20/h6-9,12-13H,10-11,14H2,1-5H3,(H,22,24);5-6,11-12,18H,3-4,7-10,13H2,1-2H3. The Balaban J connectivity index is 0.000000233. The Hall–Kier alpha value is -4.30. The van der Waals surface area contributed by atoms with Gasteiger partial charge < -0.3 is 39.0 Å². The van der Waals surface area contributed by atoms with E-state index in [1.165, 1.54) is 26.9 Å². The summed E-state index contributed by atoms with van der Waals surface area (Å²) in [5.41, 5.74) is 4.59. The predicted molar refractivity (Wildman–Crippen MR) is 202 cm³/mol. The Labute approximate surface area is 302 Å². The van der Waals surface area contributed by atoms with E-state index in [4.69, 9.17) is 18.9 Å². The Morgan fingerprint density at radius 2 is 1.47 bits per heavy atom. The Kier molecular flexibility index (Phi) is 14.6. The lowest BCUT2D eigenvalue weighted by Crippen LogP contribution is -2.29. The number of carbonyl (C=O) groups is 1. The summed E-state index contributed by atoms with van der Waals surface area (Å²) in [6, 6.07) is 16.8. The number of carbonyl (C=O) groups excluding carboxylic acids is 1. The maximum atomic E-state index is 12.5. The zero-order valence-electron chi connectivity index (χ0n) is 31.0. The minimum atomic E-state index is -3.19. The fraction of sp³-hybridized carbons (Fsp3) is 0.447. The van der Waals surface area contributed by atoms with Gasteiger partial charge in [0.1, 0.15) is 12.4 Å². The number of aromatic nitrogens is 1. The average molecular weight is 724 g/mol. The fourth-order valence-corrected chi connectivity index (χ4v) is 7.28. The second kappa shape index (κ2) is 18.8. The lowest BCUT2D eigenvalue weighted by atomic mass is 10.1. The molecule has 1 aliphatic heterocycles. The Bertz CT molecular complexity index is 1790. The lowest BCUT2D eigenvalue weighted by Gasteiger charge is -2.15. The van der Waals surface area contributed by atoms with Gasteiger partial charge in [0.05, 0.1) is 27.1 Å². The van der Waals surface area contributed by atoms with Crippen molar-refractivity contribution in [3.05, 3.63) is 83.0 Å². The van der Waals surface area contributed by atoms with E-state index in [1.807, 2.05) is 62.8 Å². The number of methoxy groups -OCH3 is 3. The molecular formula is C38H53N5O7S. The number of fused-ring (bicyclic) bond motifs is 1. The van der Waals surface area contributed by atoms with E-state index in [-0.39, 0.29) is 11.7 Å². The van der Waals surface area contributed by atoms with Crippen LogP contribution in [-0.4, -0.2) is 116 Å². The summed E-state index contributed by atoms with van der Waals surface area (Å²) < 4.78 is 48.1. The highest BCUT2D eigenvalue weighted by molar-refractivity contribution is 7.88. The van der Waals surface area contributed by atoms with Gasteiger partial charge in [-0.05, 0) is 101 Å². The first-order valence-corrected chi connectivity index (χ1v) is 18.7. The molecule has 0 spiro atoms. The highest BCUT2D eigenvalue weighted by Crippen LogP contribution is 2.38. The number of amides is 1. The van der Waals surface area contributed by atoms with Gasteiger partial charge in [0.2, 0.25) is 15.8 Å². The van der Waals surface area contributed by atoms with Crippen molar-refractivity contribution < 1.29 is 32.2 Å². The van der Waals surface area contributed by atoms with Gasteiger partial charge in [-0.15, -0.1) is 0 Å². The minimum Gasteiger partial charge on any atom is -0.493 e. The van der Waals surface area contributed by atoms with Gasteiger partial charge in [-0.1, -0.05) is 18.2 Å². The molecule has 2 heterocycles. The quantitative estimate of drug-likeness (QED) is 0.168. The van der Waals surface area contributed by atoms with Gasteiger partial charge in [0, 0.05) is 55.4 Å². The van der Waals surface area contributed by atoms with Crippen LogP contribution in [0, 0.1) is 0 Å². The molecule has 0 atom stereocenters. The second-order valence-corrected chi connectivity index (χ2v) is 15.0. The van der Waals surface area contributed by atoms with E-state index in [0.29, 0.717) is 49.1 Å². The van der Waals surface area contributed by atoms with E-state index in [2.05, 4.69) is 34.2 Å². The van der Waals surface area contributed by atoms with Crippen LogP contribution in [0.4, 0.5) is 0 Å². The van der Waals surface area contributed by atoms with E-state index >= 15 is 0 Å². The Morgan fingerprint density at radius 3 is 2.06 bits per heavy atom. The molecule has 3 aromatic carbocycles. The van der Waals surface area contributed by atoms with Crippen LogP contribution in [0.15, 0.2) is 60.8 Å². The van der Waals surface area contributed by atoms with Crippen molar-refractivity contribution in [2.45, 2.75) is 31.6 Å². The number of ether oxygens (including phenoxy) is 4. The highest BCUT2D eigenvalue weighted by Gasteiger charge is 2.25. The van der Waals surface area contributed by atoms with Gasteiger partial charge in [-0.2, -0.15) is 0 Å². The number of sulfonamides is 1. The molecule has 0 saturated carbocycles. The van der Waals surface area contributed by atoms with E-state index in [9.17, 15) is 13.2 Å². The van der Waals surface area contributed by atoms with Crippen molar-refractivity contribution in [1.29, 1.82) is 0 Å². The lowest BCUT2D eigenvalue weighted by molar-refractivity contribution is 0.0950. The van der Waals surface area contributed by atoms with Gasteiger partial charge in [0.25, 0.3) is 5.91 Å². The number of rotatable bonds is 16. The zero-order valence-corrected chi connectivity index (χ0v) is 31.8. The smallest absolute Gasteiger partial charge is 0.251 e. The summed E-state index contributed by atoms with van der Waals surface area (Å²) >= 11 is 0. The van der Waals surface area contributed by atoms with Crippen LogP contribution in [0.5, 0.6) is 23.0 Å². The molecule has 13 heteroatoms. The van der Waals surface area contributed by atoms with Gasteiger partial charge in [-0.25, -0.2) is 12.7 Å². The molecule has 1 aliphatic rings. The van der Waals surface area contributed by atoms with Gasteiger partial charge >= 0.3 is 0 Å². The van der Waals surface area contributed by atoms with E-state index in [0.717, 1.165) is 60.1 Å². The van der Waals surface area contributed by atoms with Crippen LogP contribution in [0.2, 0.25) is 0 Å². The summed E-state index contributed by atoms with van der Waals surface area (Å²) in [7, 11) is 9.49. The first kappa shape index (κ1) is 39.5. The average Bonchev–Trinajstić information content (AvgIpc) is 3.81. The van der Waals surface area contributed by atoms with Crippen molar-refractivity contribution in [2.24, 2.45) is 0 Å². The normalized spacial score (nSPS) is 13.3. The van der Waals surface area contributed by atoms with Crippen LogP contribution in [-0.2, 0) is 28.7 Å². The molecule has 2 N–H and O–H groups in total. The topological polar surface area (TPSA) is 126 Å². The van der Waals surface area contributed by atoms with Crippen molar-refractivity contribution in [3.8, 4) is 23.0 Å². The molecular weight excluding hydrogens is 671 g/mol. The van der Waals surface area contributed by atoms with E-state index in [1.54, 1.807) is 16.4 Å². The summed E-state index contributed by atoms with van der Waals surface area (Å²) in [5.74, 6) is 2.00. The third-order valence-electron chi connectivity index (χ3n) is 8.58. The number of benzene rings is 3. The number of H-pyrrole nitrogens is 1. The molecule has 1 amide bonds.